The molecule has 1 aromatic carbocycles. The van der Waals surface area contributed by atoms with Crippen LogP contribution in [0.4, 0.5) is 5.82 Å². The molecule has 6 nitrogen and oxygen atoms in total. The smallest absolute Gasteiger partial charge is 0.142 e. The van der Waals surface area contributed by atoms with Gasteiger partial charge in [-0.15, -0.1) is 0 Å². The van der Waals surface area contributed by atoms with Crippen LogP contribution in [-0.2, 0) is 7.05 Å². The standard InChI is InChI=1S/C17H11ClN6/c1-24-9-11(8-22-24)16-13(6-19)15(14(7-20)17(21)23-16)10-2-4-12(18)5-3-10/h2-5,8-9H,1H3,(H2,21,23). The van der Waals surface area contributed by atoms with Gasteiger partial charge in [-0.25, -0.2) is 4.98 Å². The number of hydrogen-bond acceptors (Lipinski definition) is 5. The fourth-order valence-corrected chi connectivity index (χ4v) is 2.61. The van der Waals surface area contributed by atoms with Crippen LogP contribution in [-0.4, -0.2) is 14.8 Å². The van der Waals surface area contributed by atoms with Gasteiger partial charge in [0.2, 0.25) is 0 Å². The average Bonchev–Trinajstić information content (AvgIpc) is 3.01. The second-order valence-electron chi connectivity index (χ2n) is 5.10. The van der Waals surface area contributed by atoms with E-state index in [0.29, 0.717) is 27.4 Å². The van der Waals surface area contributed by atoms with Crippen LogP contribution in [0.15, 0.2) is 36.7 Å². The molecule has 0 amide bonds. The molecule has 24 heavy (non-hydrogen) atoms. The number of pyridine rings is 1. The number of nitrogen functional groups attached to an aromatic ring is 1. The highest BCUT2D eigenvalue weighted by Gasteiger charge is 2.21. The van der Waals surface area contributed by atoms with Crippen molar-refractivity contribution in [2.24, 2.45) is 7.05 Å². The second-order valence-corrected chi connectivity index (χ2v) is 5.54. The van der Waals surface area contributed by atoms with Crippen LogP contribution in [0, 0.1) is 22.7 Å². The van der Waals surface area contributed by atoms with Gasteiger partial charge in [-0.2, -0.15) is 15.6 Å². The first-order chi connectivity index (χ1) is 11.5. The number of aromatic nitrogens is 3. The van der Waals surface area contributed by atoms with Gasteiger partial charge in [0.15, 0.2) is 0 Å². The molecule has 0 aliphatic carbocycles. The maximum absolute atomic E-state index is 9.70. The third-order valence-electron chi connectivity index (χ3n) is 3.56. The van der Waals surface area contributed by atoms with E-state index in [4.69, 9.17) is 17.3 Å². The lowest BCUT2D eigenvalue weighted by molar-refractivity contribution is 0.768. The van der Waals surface area contributed by atoms with E-state index in [9.17, 15) is 10.5 Å². The van der Waals surface area contributed by atoms with Crippen molar-refractivity contribution in [1.82, 2.24) is 14.8 Å². The van der Waals surface area contributed by atoms with E-state index in [-0.39, 0.29) is 16.9 Å². The van der Waals surface area contributed by atoms with Gasteiger partial charge in [-0.3, -0.25) is 4.68 Å². The number of nitriles is 2. The Bertz CT molecular complexity index is 1010. The summed E-state index contributed by atoms with van der Waals surface area (Å²) in [6, 6.07) is 11.1. The van der Waals surface area contributed by atoms with Crippen LogP contribution in [0.25, 0.3) is 22.4 Å². The Morgan fingerprint density at radius 1 is 1.08 bits per heavy atom. The molecule has 0 saturated heterocycles. The highest BCUT2D eigenvalue weighted by atomic mass is 35.5. The number of hydrogen-bond donors (Lipinski definition) is 1. The summed E-state index contributed by atoms with van der Waals surface area (Å²) in [6.45, 7) is 0. The number of nitrogens with zero attached hydrogens (tertiary/aromatic N) is 5. The van der Waals surface area contributed by atoms with Crippen molar-refractivity contribution in [3.8, 4) is 34.5 Å². The maximum Gasteiger partial charge on any atom is 0.142 e. The molecule has 0 aliphatic heterocycles. The third-order valence-corrected chi connectivity index (χ3v) is 3.81. The summed E-state index contributed by atoms with van der Waals surface area (Å²) >= 11 is 5.93. The molecule has 3 aromatic rings. The number of halogens is 1. The monoisotopic (exact) mass is 334 g/mol. The second kappa shape index (κ2) is 6.04. The molecule has 7 heteroatoms. The van der Waals surface area contributed by atoms with Gasteiger partial charge in [0.05, 0.1) is 17.5 Å². The molecule has 116 valence electrons. The summed E-state index contributed by atoms with van der Waals surface area (Å²) in [5.74, 6) is 0.0697. The summed E-state index contributed by atoms with van der Waals surface area (Å²) in [5.41, 5.74) is 8.58. The molecule has 0 radical (unpaired) electrons. The van der Waals surface area contributed by atoms with Gasteiger partial charge in [0.1, 0.15) is 23.5 Å². The Morgan fingerprint density at radius 3 is 2.29 bits per heavy atom. The van der Waals surface area contributed by atoms with Gasteiger partial charge in [0, 0.05) is 29.4 Å². The van der Waals surface area contributed by atoms with Crippen molar-refractivity contribution in [1.29, 1.82) is 10.5 Å². The summed E-state index contributed by atoms with van der Waals surface area (Å²) in [4.78, 5) is 4.26. The van der Waals surface area contributed by atoms with Crippen LogP contribution < -0.4 is 5.73 Å². The molecule has 0 unspecified atom stereocenters. The maximum atomic E-state index is 9.70. The van der Waals surface area contributed by atoms with Crippen LogP contribution in [0.2, 0.25) is 5.02 Å². The normalized spacial score (nSPS) is 10.2. The van der Waals surface area contributed by atoms with Crippen LogP contribution in [0.3, 0.4) is 0 Å². The van der Waals surface area contributed by atoms with Crippen LogP contribution in [0.1, 0.15) is 11.1 Å². The highest BCUT2D eigenvalue weighted by molar-refractivity contribution is 6.30. The van der Waals surface area contributed by atoms with E-state index >= 15 is 0 Å². The van der Waals surface area contributed by atoms with E-state index in [1.807, 2.05) is 6.07 Å². The Balaban J connectivity index is 2.38. The lowest BCUT2D eigenvalue weighted by Crippen LogP contribution is -2.03. The van der Waals surface area contributed by atoms with E-state index in [1.54, 1.807) is 48.4 Å². The summed E-state index contributed by atoms with van der Waals surface area (Å²) in [6.07, 6.45) is 3.33. The van der Waals surface area contributed by atoms with Gasteiger partial charge in [0.25, 0.3) is 0 Å². The number of nitrogens with two attached hydrogens (primary N) is 1. The van der Waals surface area contributed by atoms with Crippen LogP contribution in [0.5, 0.6) is 0 Å². The predicted octanol–water partition coefficient (Wildman–Crippen LogP) is 3.13. The lowest BCUT2D eigenvalue weighted by atomic mass is 9.93. The molecule has 0 spiro atoms. The molecule has 2 aromatic heterocycles. The topological polar surface area (TPSA) is 104 Å². The van der Waals surface area contributed by atoms with E-state index in [0.717, 1.165) is 0 Å². The van der Waals surface area contributed by atoms with Crippen molar-refractivity contribution in [3.05, 3.63) is 52.8 Å². The quantitative estimate of drug-likeness (QED) is 0.775. The molecule has 0 saturated carbocycles. The zero-order valence-corrected chi connectivity index (χ0v) is 13.4. The first kappa shape index (κ1) is 15.5. The number of rotatable bonds is 2. The van der Waals surface area contributed by atoms with E-state index in [2.05, 4.69) is 16.2 Å². The molecule has 0 fully saturated rings. The molecular weight excluding hydrogens is 324 g/mol. The molecule has 2 heterocycles. The largest absolute Gasteiger partial charge is 0.383 e. The van der Waals surface area contributed by atoms with Gasteiger partial charge in [-0.1, -0.05) is 23.7 Å². The minimum absolute atomic E-state index is 0.0697. The fraction of sp³-hybridized carbons (Fsp3) is 0.0588. The molecular formula is C17H11ClN6. The third kappa shape index (κ3) is 2.56. The molecule has 0 bridgehead atoms. The zero-order valence-electron chi connectivity index (χ0n) is 12.7. The lowest BCUT2D eigenvalue weighted by Gasteiger charge is -2.12. The Hall–Kier alpha value is -3.35. The molecule has 0 atom stereocenters. The molecule has 0 aliphatic rings. The van der Waals surface area contributed by atoms with Gasteiger partial charge in [-0.05, 0) is 17.7 Å². The van der Waals surface area contributed by atoms with Crippen molar-refractivity contribution in [2.45, 2.75) is 0 Å². The Kier molecular flexibility index (Phi) is 3.91. The van der Waals surface area contributed by atoms with Gasteiger partial charge >= 0.3 is 0 Å². The zero-order chi connectivity index (χ0) is 17.3. The summed E-state index contributed by atoms with van der Waals surface area (Å²) < 4.78 is 1.61. The summed E-state index contributed by atoms with van der Waals surface area (Å²) in [5, 5.41) is 23.8. The van der Waals surface area contributed by atoms with E-state index < -0.39 is 0 Å². The molecule has 2 N–H and O–H groups in total. The number of aryl methyl sites for hydroxylation is 1. The van der Waals surface area contributed by atoms with Crippen LogP contribution >= 0.6 is 11.6 Å². The Morgan fingerprint density at radius 2 is 1.75 bits per heavy atom. The van der Waals surface area contributed by atoms with Gasteiger partial charge < -0.3 is 5.73 Å². The van der Waals surface area contributed by atoms with Crippen molar-refractivity contribution < 1.29 is 0 Å². The fourth-order valence-electron chi connectivity index (χ4n) is 2.48. The Labute approximate surface area is 143 Å². The first-order valence-corrected chi connectivity index (χ1v) is 7.31. The molecule has 3 rings (SSSR count). The van der Waals surface area contributed by atoms with Crippen molar-refractivity contribution in [3.63, 3.8) is 0 Å². The summed E-state index contributed by atoms with van der Waals surface area (Å²) in [7, 11) is 1.77. The minimum Gasteiger partial charge on any atom is -0.383 e. The van der Waals surface area contributed by atoms with Crippen molar-refractivity contribution in [2.75, 3.05) is 5.73 Å². The highest BCUT2D eigenvalue weighted by Crippen LogP contribution is 2.36. The number of benzene rings is 1. The first-order valence-electron chi connectivity index (χ1n) is 6.93. The average molecular weight is 335 g/mol. The predicted molar refractivity (Wildman–Crippen MR) is 90.7 cm³/mol. The minimum atomic E-state index is 0.0697. The SMILES string of the molecule is Cn1cc(-c2nc(N)c(C#N)c(-c3ccc(Cl)cc3)c2C#N)cn1. The van der Waals surface area contributed by atoms with E-state index in [1.165, 1.54) is 0 Å². The van der Waals surface area contributed by atoms with Crippen molar-refractivity contribution >= 4 is 17.4 Å². The number of anilines is 1.